The van der Waals surface area contributed by atoms with Gasteiger partial charge in [-0.15, -0.1) is 0 Å². The van der Waals surface area contributed by atoms with Gasteiger partial charge in [0.05, 0.1) is 74.5 Å². The van der Waals surface area contributed by atoms with Crippen LogP contribution in [0.15, 0.2) is 18.2 Å². The van der Waals surface area contributed by atoms with Crippen LogP contribution in [0.2, 0.25) is 0 Å². The van der Waals surface area contributed by atoms with E-state index in [1.807, 2.05) is 0 Å². The number of benzene rings is 3. The van der Waals surface area contributed by atoms with Gasteiger partial charge in [0, 0.05) is 36.0 Å². The van der Waals surface area contributed by atoms with Crippen molar-refractivity contribution in [1.29, 1.82) is 0 Å². The molecule has 354 valence electrons. The Morgan fingerprint density at radius 3 is 0.881 bits per heavy atom. The summed E-state index contributed by atoms with van der Waals surface area (Å²) >= 11 is 0. The van der Waals surface area contributed by atoms with Gasteiger partial charge in [-0.2, -0.15) is 13.2 Å². The monoisotopic (exact) mass is 941 g/mol. The van der Waals surface area contributed by atoms with Crippen molar-refractivity contribution in [2.75, 3.05) is 78.9 Å². The number of piperidine rings is 3. The molecule has 6 aliphatic heterocycles. The first kappa shape index (κ1) is 47.0. The summed E-state index contributed by atoms with van der Waals surface area (Å²) in [6.07, 6.45) is 3.56. The van der Waals surface area contributed by atoms with Crippen LogP contribution < -0.4 is 14.0 Å². The fraction of sp³-hybridized carbons (Fsp3) is 0.500. The van der Waals surface area contributed by atoms with Crippen molar-refractivity contribution in [3.63, 3.8) is 0 Å². The summed E-state index contributed by atoms with van der Waals surface area (Å²) < 4.78 is 172. The molecule has 0 atom stereocenters. The largest absolute Gasteiger partial charge is 0.864 e. The van der Waals surface area contributed by atoms with E-state index in [0.717, 1.165) is 0 Å². The Morgan fingerprint density at radius 2 is 0.657 bits per heavy atom. The Labute approximate surface area is 382 Å². The maximum atomic E-state index is 15.7. The Hall–Kier alpha value is -5.07. The van der Waals surface area contributed by atoms with Crippen molar-refractivity contribution < 1.29 is 67.7 Å². The van der Waals surface area contributed by atoms with Crippen LogP contribution in [0.5, 0.6) is 17.2 Å². The molecule has 0 N–H and O–H groups in total. The van der Waals surface area contributed by atoms with E-state index in [0.29, 0.717) is 154 Å². The van der Waals surface area contributed by atoms with E-state index in [4.69, 9.17) is 28.2 Å². The quantitative estimate of drug-likeness (QED) is 0.0994. The number of hydrogen-bond acceptors (Lipinski definition) is 9. The summed E-state index contributed by atoms with van der Waals surface area (Å²) in [6, 6.07) is 1.93. The SMILES string of the molecule is Fc1cc(OB(Oc2cc(F)c(C#CC3CCN(C4COC4)CC3)c(F)c2F)Oc2cc(F)c(C#CC3CCN(C4COC4)CC3)c(F)c2F)c(F)c(F)c1C#CC1CCN(C2COC2)CC1. The van der Waals surface area contributed by atoms with E-state index in [1.165, 1.54) is 0 Å². The molecule has 19 heteroatoms. The maximum absolute atomic E-state index is 15.7. The zero-order valence-corrected chi connectivity index (χ0v) is 36.2. The van der Waals surface area contributed by atoms with E-state index in [9.17, 15) is 0 Å². The van der Waals surface area contributed by atoms with Crippen LogP contribution in [0.25, 0.3) is 0 Å². The minimum atomic E-state index is -2.80. The van der Waals surface area contributed by atoms with E-state index in [2.05, 4.69) is 50.2 Å². The first-order valence-corrected chi connectivity index (χ1v) is 22.4. The highest BCUT2D eigenvalue weighted by atomic mass is 19.2. The third-order valence-electron chi connectivity index (χ3n) is 13.2. The second kappa shape index (κ2) is 20.7. The van der Waals surface area contributed by atoms with Gasteiger partial charge in [0.15, 0.2) is 17.5 Å². The zero-order valence-electron chi connectivity index (χ0n) is 36.2. The van der Waals surface area contributed by atoms with E-state index < -0.39 is 93.6 Å². The Bertz CT molecular complexity index is 2250. The number of likely N-dealkylation sites (tertiary alicyclic amines) is 3. The molecular formula is C48H45BF9N3O6. The first-order valence-electron chi connectivity index (χ1n) is 22.4. The van der Waals surface area contributed by atoms with Crippen LogP contribution in [0.4, 0.5) is 39.5 Å². The fourth-order valence-corrected chi connectivity index (χ4v) is 8.76. The minimum absolute atomic E-state index is 0.251. The standard InChI is InChI=1S/C48H45BF9N3O6/c50-37-19-40(46(56)43(53)34(37)4-1-28-7-13-59(14-8-28)31-22-62-23-31)65-49(66-41-20-38(51)35(44(54)47(41)57)5-2-29-9-15-60(16-10-29)32-24-63-25-32)67-42-21-39(52)36(45(55)48(42)58)6-3-30-11-17-61(18-12-30)33-26-64-27-33/h19-21,28-33H,7-18,22-27H2. The van der Waals surface area contributed by atoms with E-state index in [-0.39, 0.29) is 17.8 Å². The number of halogens is 9. The van der Waals surface area contributed by atoms with Gasteiger partial charge in [-0.25, -0.2) is 26.3 Å². The molecule has 9 rings (SSSR count). The molecule has 0 spiro atoms. The minimum Gasteiger partial charge on any atom is -0.487 e. The van der Waals surface area contributed by atoms with Gasteiger partial charge in [-0.1, -0.05) is 35.5 Å². The Balaban J connectivity index is 0.956. The van der Waals surface area contributed by atoms with E-state index >= 15 is 39.5 Å². The molecule has 6 fully saturated rings. The van der Waals surface area contributed by atoms with Crippen molar-refractivity contribution in [3.8, 4) is 52.8 Å². The second-order valence-corrected chi connectivity index (χ2v) is 17.5. The molecule has 0 aromatic heterocycles. The van der Waals surface area contributed by atoms with Crippen molar-refractivity contribution in [1.82, 2.24) is 14.7 Å². The number of rotatable bonds is 9. The van der Waals surface area contributed by atoms with Gasteiger partial charge >= 0.3 is 7.32 Å². The molecular weight excluding hydrogens is 896 g/mol. The molecule has 67 heavy (non-hydrogen) atoms. The molecule has 0 saturated carbocycles. The molecule has 0 amide bonds. The summed E-state index contributed by atoms with van der Waals surface area (Å²) in [5.41, 5.74) is -2.85. The normalized spacial score (nSPS) is 20.6. The van der Waals surface area contributed by atoms with Crippen molar-refractivity contribution in [3.05, 3.63) is 87.2 Å². The predicted molar refractivity (Wildman–Crippen MR) is 224 cm³/mol. The topological polar surface area (TPSA) is 65.1 Å². The molecule has 0 unspecified atom stereocenters. The van der Waals surface area contributed by atoms with Crippen LogP contribution in [0, 0.1) is 106 Å². The average Bonchev–Trinajstić information content (AvgIpc) is 3.26. The van der Waals surface area contributed by atoms with E-state index in [1.54, 1.807) is 0 Å². The Morgan fingerprint density at radius 1 is 0.403 bits per heavy atom. The van der Waals surface area contributed by atoms with Gasteiger partial charge in [0.2, 0.25) is 17.5 Å². The molecule has 6 aliphatic rings. The summed E-state index contributed by atoms with van der Waals surface area (Å²) in [5.74, 6) is -4.60. The van der Waals surface area contributed by atoms with Crippen molar-refractivity contribution in [2.45, 2.75) is 56.7 Å². The highest BCUT2D eigenvalue weighted by molar-refractivity contribution is 6.39. The lowest BCUT2D eigenvalue weighted by molar-refractivity contribution is -0.0719. The number of nitrogens with zero attached hydrogens (tertiary/aromatic N) is 3. The summed E-state index contributed by atoms with van der Waals surface area (Å²) in [6.45, 7) is 7.85. The Kier molecular flexibility index (Phi) is 14.5. The lowest BCUT2D eigenvalue weighted by Crippen LogP contribution is -2.51. The predicted octanol–water partition coefficient (Wildman–Crippen LogP) is 6.85. The molecule has 3 aromatic carbocycles. The lowest BCUT2D eigenvalue weighted by Gasteiger charge is -2.40. The summed E-state index contributed by atoms with van der Waals surface area (Å²) in [5, 5.41) is 0. The van der Waals surface area contributed by atoms with Crippen molar-refractivity contribution in [2.24, 2.45) is 17.8 Å². The van der Waals surface area contributed by atoms with Gasteiger partial charge in [-0.05, 0) is 77.8 Å². The van der Waals surface area contributed by atoms with Gasteiger partial charge in [0.25, 0.3) is 0 Å². The highest BCUT2D eigenvalue weighted by Gasteiger charge is 2.38. The molecule has 9 nitrogen and oxygen atoms in total. The highest BCUT2D eigenvalue weighted by Crippen LogP contribution is 2.33. The second-order valence-electron chi connectivity index (χ2n) is 17.5. The fourth-order valence-electron chi connectivity index (χ4n) is 8.76. The third-order valence-corrected chi connectivity index (χ3v) is 13.2. The van der Waals surface area contributed by atoms with Crippen LogP contribution in [-0.2, 0) is 14.2 Å². The number of hydrogen-bond donors (Lipinski definition) is 0. The lowest BCUT2D eigenvalue weighted by atomic mass is 9.95. The van der Waals surface area contributed by atoms with Crippen LogP contribution in [0.1, 0.15) is 55.2 Å². The van der Waals surface area contributed by atoms with Crippen LogP contribution in [-0.4, -0.2) is 119 Å². The molecule has 0 aliphatic carbocycles. The third kappa shape index (κ3) is 10.5. The smallest absolute Gasteiger partial charge is 0.487 e. The maximum Gasteiger partial charge on any atom is 0.864 e. The van der Waals surface area contributed by atoms with Gasteiger partial charge in [-0.3, -0.25) is 14.7 Å². The van der Waals surface area contributed by atoms with Crippen molar-refractivity contribution >= 4 is 7.32 Å². The summed E-state index contributed by atoms with van der Waals surface area (Å²) in [7, 11) is -2.80. The molecule has 6 heterocycles. The number of ether oxygens (including phenoxy) is 3. The molecule has 0 bridgehead atoms. The van der Waals surface area contributed by atoms with Gasteiger partial charge in [0.1, 0.15) is 34.7 Å². The first-order chi connectivity index (χ1) is 32.4. The molecule has 3 aromatic rings. The van der Waals surface area contributed by atoms with Crippen LogP contribution >= 0.6 is 0 Å². The average molecular weight is 942 g/mol. The van der Waals surface area contributed by atoms with Crippen LogP contribution in [0.3, 0.4) is 0 Å². The molecule has 6 saturated heterocycles. The van der Waals surface area contributed by atoms with Gasteiger partial charge < -0.3 is 28.2 Å². The zero-order chi connectivity index (χ0) is 46.8. The molecule has 0 radical (unpaired) electrons. The summed E-state index contributed by atoms with van der Waals surface area (Å²) in [4.78, 5) is 6.71.